The Balaban J connectivity index is 2.36. The molecule has 116 valence electrons. The second-order valence-electron chi connectivity index (χ2n) is 5.56. The molecule has 4 atom stereocenters. The molecule has 0 aromatic rings. The summed E-state index contributed by atoms with van der Waals surface area (Å²) >= 11 is 0. The van der Waals surface area contributed by atoms with E-state index < -0.39 is 24.1 Å². The number of hydrogen-bond donors (Lipinski definition) is 4. The first kappa shape index (κ1) is 17.1. The molecule has 5 heteroatoms. The molecule has 1 rings (SSSR count). The van der Waals surface area contributed by atoms with Crippen LogP contribution in [-0.4, -0.2) is 45.2 Å². The fraction of sp³-hybridized carbons (Fsp3) is 0.800. The molecular weight excluding hydrogens is 260 g/mol. The summed E-state index contributed by atoms with van der Waals surface area (Å²) in [7, 11) is 0. The van der Waals surface area contributed by atoms with Gasteiger partial charge in [0.1, 0.15) is 0 Å². The number of hydrogen-bond acceptors (Lipinski definition) is 4. The number of aliphatic carboxylic acids is 1. The van der Waals surface area contributed by atoms with Gasteiger partial charge in [-0.1, -0.05) is 25.0 Å². The van der Waals surface area contributed by atoms with Crippen molar-refractivity contribution in [3.05, 3.63) is 12.2 Å². The van der Waals surface area contributed by atoms with E-state index in [0.717, 1.165) is 32.1 Å². The number of carboxylic acid groups (broad SMARTS) is 1. The number of carbonyl (C=O) groups is 1. The van der Waals surface area contributed by atoms with E-state index in [1.54, 1.807) is 0 Å². The highest BCUT2D eigenvalue weighted by molar-refractivity contribution is 5.67. The molecule has 1 saturated carbocycles. The maximum Gasteiger partial charge on any atom is 0.303 e. The Labute approximate surface area is 119 Å². The highest BCUT2D eigenvalue weighted by Crippen LogP contribution is 2.36. The lowest BCUT2D eigenvalue weighted by Crippen LogP contribution is -2.23. The van der Waals surface area contributed by atoms with Crippen molar-refractivity contribution in [1.82, 2.24) is 0 Å². The van der Waals surface area contributed by atoms with E-state index in [1.807, 2.05) is 12.2 Å². The van der Waals surface area contributed by atoms with E-state index in [2.05, 4.69) is 0 Å². The van der Waals surface area contributed by atoms with Gasteiger partial charge in [-0.2, -0.15) is 0 Å². The SMILES string of the molecule is O=C(O)C[C@H]1[C@H](C=CCCCCCCO)[C@H](O)C[C@H]1O. The van der Waals surface area contributed by atoms with Crippen molar-refractivity contribution in [3.63, 3.8) is 0 Å². The van der Waals surface area contributed by atoms with Gasteiger partial charge in [0.15, 0.2) is 0 Å². The molecule has 0 amide bonds. The Hall–Kier alpha value is -0.910. The Bertz CT molecular complexity index is 315. The Morgan fingerprint density at radius 2 is 1.80 bits per heavy atom. The molecule has 0 aliphatic heterocycles. The highest BCUT2D eigenvalue weighted by Gasteiger charge is 2.41. The van der Waals surface area contributed by atoms with E-state index in [0.29, 0.717) is 0 Å². The molecule has 0 aromatic carbocycles. The minimum absolute atomic E-state index is 0.107. The molecule has 5 nitrogen and oxygen atoms in total. The summed E-state index contributed by atoms with van der Waals surface area (Å²) in [6, 6.07) is 0. The van der Waals surface area contributed by atoms with Crippen molar-refractivity contribution in [2.75, 3.05) is 6.61 Å². The maximum absolute atomic E-state index is 10.8. The van der Waals surface area contributed by atoms with Gasteiger partial charge in [-0.3, -0.25) is 4.79 Å². The summed E-state index contributed by atoms with van der Waals surface area (Å²) in [4.78, 5) is 10.8. The van der Waals surface area contributed by atoms with E-state index in [1.165, 1.54) is 0 Å². The van der Waals surface area contributed by atoms with Crippen LogP contribution in [0.5, 0.6) is 0 Å². The largest absolute Gasteiger partial charge is 0.481 e. The van der Waals surface area contributed by atoms with Gasteiger partial charge in [-0.15, -0.1) is 0 Å². The van der Waals surface area contributed by atoms with Crippen LogP contribution in [-0.2, 0) is 4.79 Å². The predicted octanol–water partition coefficient (Wildman–Crippen LogP) is 1.32. The standard InChI is InChI=1S/C15H26O5/c16-8-6-4-2-1-3-5-7-11-12(9-15(19)20)14(18)10-13(11)17/h5,7,11-14,16-18H,1-4,6,8-10H2,(H,19,20)/t11-,12-,13+,14+/m0/s1. The summed E-state index contributed by atoms with van der Waals surface area (Å²) in [6.45, 7) is 0.235. The van der Waals surface area contributed by atoms with Crippen molar-refractivity contribution in [1.29, 1.82) is 0 Å². The topological polar surface area (TPSA) is 98.0 Å². The summed E-state index contributed by atoms with van der Waals surface area (Å²) in [5.74, 6) is -1.60. The van der Waals surface area contributed by atoms with Crippen LogP contribution >= 0.6 is 0 Å². The average molecular weight is 286 g/mol. The highest BCUT2D eigenvalue weighted by atomic mass is 16.4. The minimum atomic E-state index is -0.939. The Kier molecular flexibility index (Phi) is 7.80. The van der Waals surface area contributed by atoms with Crippen LogP contribution in [0.3, 0.4) is 0 Å². The molecular formula is C15H26O5. The molecule has 20 heavy (non-hydrogen) atoms. The third-order valence-electron chi connectivity index (χ3n) is 3.96. The van der Waals surface area contributed by atoms with E-state index in [4.69, 9.17) is 10.2 Å². The van der Waals surface area contributed by atoms with Crippen molar-refractivity contribution < 1.29 is 25.2 Å². The van der Waals surface area contributed by atoms with Crippen molar-refractivity contribution in [3.8, 4) is 0 Å². The second kappa shape index (κ2) is 9.10. The van der Waals surface area contributed by atoms with Crippen LogP contribution in [0.2, 0.25) is 0 Å². The van der Waals surface area contributed by atoms with Crippen LogP contribution in [0.1, 0.15) is 44.9 Å². The molecule has 0 unspecified atom stereocenters. The summed E-state index contributed by atoms with van der Waals surface area (Å²) < 4.78 is 0. The van der Waals surface area contributed by atoms with Crippen LogP contribution in [0.25, 0.3) is 0 Å². The number of aliphatic hydroxyl groups is 3. The lowest BCUT2D eigenvalue weighted by molar-refractivity contribution is -0.139. The van der Waals surface area contributed by atoms with E-state index in [-0.39, 0.29) is 25.4 Å². The van der Waals surface area contributed by atoms with Crippen LogP contribution in [0.4, 0.5) is 0 Å². The maximum atomic E-state index is 10.8. The number of rotatable bonds is 9. The van der Waals surface area contributed by atoms with E-state index >= 15 is 0 Å². The molecule has 0 spiro atoms. The molecule has 1 aliphatic rings. The zero-order valence-electron chi connectivity index (χ0n) is 11.8. The predicted molar refractivity (Wildman–Crippen MR) is 75.2 cm³/mol. The summed E-state index contributed by atoms with van der Waals surface area (Å²) in [5, 5.41) is 37.2. The van der Waals surface area contributed by atoms with Crippen LogP contribution in [0.15, 0.2) is 12.2 Å². The van der Waals surface area contributed by atoms with E-state index in [9.17, 15) is 15.0 Å². The smallest absolute Gasteiger partial charge is 0.303 e. The molecule has 4 N–H and O–H groups in total. The summed E-state index contributed by atoms with van der Waals surface area (Å²) in [6.07, 6.45) is 7.39. The Morgan fingerprint density at radius 3 is 2.45 bits per heavy atom. The quantitative estimate of drug-likeness (QED) is 0.378. The van der Waals surface area contributed by atoms with Gasteiger partial charge in [0.05, 0.1) is 18.6 Å². The number of unbranched alkanes of at least 4 members (excludes halogenated alkanes) is 4. The first-order chi connectivity index (χ1) is 9.56. The van der Waals surface area contributed by atoms with Crippen molar-refractivity contribution in [2.24, 2.45) is 11.8 Å². The molecule has 0 saturated heterocycles. The first-order valence-electron chi connectivity index (χ1n) is 7.41. The van der Waals surface area contributed by atoms with Gasteiger partial charge < -0.3 is 20.4 Å². The molecule has 1 fully saturated rings. The molecule has 0 heterocycles. The van der Waals surface area contributed by atoms with Gasteiger partial charge in [-0.05, 0) is 19.3 Å². The lowest BCUT2D eigenvalue weighted by Gasteiger charge is -2.18. The lowest BCUT2D eigenvalue weighted by atomic mass is 9.90. The number of aliphatic hydroxyl groups excluding tert-OH is 3. The fourth-order valence-corrected chi connectivity index (χ4v) is 2.85. The monoisotopic (exact) mass is 286 g/mol. The number of carboxylic acids is 1. The van der Waals surface area contributed by atoms with Gasteiger partial charge in [0.25, 0.3) is 0 Å². The fourth-order valence-electron chi connectivity index (χ4n) is 2.85. The molecule has 1 aliphatic carbocycles. The average Bonchev–Trinajstić information content (AvgIpc) is 2.63. The van der Waals surface area contributed by atoms with Gasteiger partial charge in [-0.25, -0.2) is 0 Å². The Morgan fingerprint density at radius 1 is 1.10 bits per heavy atom. The number of allylic oxidation sites excluding steroid dienone is 1. The molecule has 0 aromatic heterocycles. The van der Waals surface area contributed by atoms with Crippen LogP contribution in [0, 0.1) is 11.8 Å². The first-order valence-corrected chi connectivity index (χ1v) is 7.41. The van der Waals surface area contributed by atoms with Crippen LogP contribution < -0.4 is 0 Å². The zero-order valence-corrected chi connectivity index (χ0v) is 11.8. The van der Waals surface area contributed by atoms with Crippen molar-refractivity contribution in [2.45, 2.75) is 57.2 Å². The van der Waals surface area contributed by atoms with Gasteiger partial charge in [0.2, 0.25) is 0 Å². The molecule has 0 bridgehead atoms. The van der Waals surface area contributed by atoms with Crippen molar-refractivity contribution >= 4 is 5.97 Å². The molecule has 0 radical (unpaired) electrons. The minimum Gasteiger partial charge on any atom is -0.481 e. The van der Waals surface area contributed by atoms with Gasteiger partial charge >= 0.3 is 5.97 Å². The summed E-state index contributed by atoms with van der Waals surface area (Å²) in [5.41, 5.74) is 0. The second-order valence-corrected chi connectivity index (χ2v) is 5.56. The third-order valence-corrected chi connectivity index (χ3v) is 3.96. The normalized spacial score (nSPS) is 30.1. The van der Waals surface area contributed by atoms with Gasteiger partial charge in [0, 0.05) is 24.9 Å². The zero-order chi connectivity index (χ0) is 15.0. The third kappa shape index (κ3) is 5.61.